The van der Waals surface area contributed by atoms with Gasteiger partial charge in [0.2, 0.25) is 5.91 Å². The van der Waals surface area contributed by atoms with E-state index in [0.29, 0.717) is 12.1 Å². The largest absolute Gasteiger partial charge is 0.327 e. The van der Waals surface area contributed by atoms with Gasteiger partial charge in [0.1, 0.15) is 0 Å². The van der Waals surface area contributed by atoms with Crippen LogP contribution in [0.5, 0.6) is 0 Å². The smallest absolute Gasteiger partial charge is 0.223 e. The molecular weight excluding hydrogens is 260 g/mol. The standard InChI is InChI=1S/C18H26N2O/c21-18-11-5-7-14-20(18)17-10-4-6-13-19(17)15-12-16-8-2-1-3-9-16/h1-3,8-9,17H,4-7,10-15H2. The Labute approximate surface area is 127 Å². The van der Waals surface area contributed by atoms with Gasteiger partial charge in [-0.25, -0.2) is 0 Å². The van der Waals surface area contributed by atoms with Crippen LogP contribution >= 0.6 is 0 Å². The summed E-state index contributed by atoms with van der Waals surface area (Å²) in [5, 5.41) is 0. The van der Waals surface area contributed by atoms with Gasteiger partial charge in [-0.3, -0.25) is 9.69 Å². The van der Waals surface area contributed by atoms with E-state index in [4.69, 9.17) is 0 Å². The molecule has 3 nitrogen and oxygen atoms in total. The highest BCUT2D eigenvalue weighted by atomic mass is 16.2. The number of benzene rings is 1. The summed E-state index contributed by atoms with van der Waals surface area (Å²) in [6.45, 7) is 3.17. The second-order valence-corrected chi connectivity index (χ2v) is 6.29. The summed E-state index contributed by atoms with van der Waals surface area (Å²) in [7, 11) is 0. The zero-order valence-corrected chi connectivity index (χ0v) is 12.8. The van der Waals surface area contributed by atoms with E-state index < -0.39 is 0 Å². The maximum atomic E-state index is 12.2. The molecule has 2 aliphatic rings. The van der Waals surface area contributed by atoms with Gasteiger partial charge in [-0.1, -0.05) is 30.3 Å². The normalized spacial score (nSPS) is 24.3. The summed E-state index contributed by atoms with van der Waals surface area (Å²) in [6, 6.07) is 10.7. The molecule has 1 atom stereocenters. The second-order valence-electron chi connectivity index (χ2n) is 6.29. The molecule has 114 valence electrons. The van der Waals surface area contributed by atoms with Gasteiger partial charge in [0.15, 0.2) is 0 Å². The molecule has 0 N–H and O–H groups in total. The van der Waals surface area contributed by atoms with Crippen molar-refractivity contribution in [2.75, 3.05) is 19.6 Å². The molecule has 1 aromatic rings. The van der Waals surface area contributed by atoms with Crippen LogP contribution in [0, 0.1) is 0 Å². The van der Waals surface area contributed by atoms with Gasteiger partial charge >= 0.3 is 0 Å². The summed E-state index contributed by atoms with van der Waals surface area (Å²) in [5.74, 6) is 0.373. The zero-order valence-electron chi connectivity index (χ0n) is 12.8. The Morgan fingerprint density at radius 1 is 1.00 bits per heavy atom. The number of carbonyl (C=O) groups excluding carboxylic acids is 1. The molecule has 0 aliphatic carbocycles. The number of nitrogens with zero attached hydrogens (tertiary/aromatic N) is 2. The quantitative estimate of drug-likeness (QED) is 0.849. The third kappa shape index (κ3) is 3.65. The van der Waals surface area contributed by atoms with Crippen molar-refractivity contribution in [2.24, 2.45) is 0 Å². The number of carbonyl (C=O) groups is 1. The average molecular weight is 286 g/mol. The van der Waals surface area contributed by atoms with Crippen LogP contribution in [0.15, 0.2) is 30.3 Å². The minimum absolute atomic E-state index is 0.357. The molecular formula is C18H26N2O. The van der Waals surface area contributed by atoms with Crippen LogP contribution in [-0.2, 0) is 11.2 Å². The molecule has 0 bridgehead atoms. The van der Waals surface area contributed by atoms with Crippen LogP contribution in [0.3, 0.4) is 0 Å². The van der Waals surface area contributed by atoms with E-state index in [9.17, 15) is 4.79 Å². The van der Waals surface area contributed by atoms with Gasteiger partial charge < -0.3 is 4.90 Å². The number of piperidine rings is 2. The minimum atomic E-state index is 0.357. The number of hydrogen-bond acceptors (Lipinski definition) is 2. The maximum absolute atomic E-state index is 12.2. The Hall–Kier alpha value is -1.35. The van der Waals surface area contributed by atoms with E-state index in [1.807, 2.05) is 0 Å². The van der Waals surface area contributed by atoms with E-state index >= 15 is 0 Å². The fourth-order valence-corrected chi connectivity index (χ4v) is 3.65. The van der Waals surface area contributed by atoms with Gasteiger partial charge in [-0.05, 0) is 44.1 Å². The molecule has 2 heterocycles. The number of rotatable bonds is 4. The van der Waals surface area contributed by atoms with E-state index in [1.165, 1.54) is 24.8 Å². The first kappa shape index (κ1) is 14.6. The molecule has 2 saturated heterocycles. The molecule has 2 aliphatic heterocycles. The first-order chi connectivity index (χ1) is 10.3. The van der Waals surface area contributed by atoms with Gasteiger partial charge in [0, 0.05) is 26.1 Å². The Morgan fingerprint density at radius 2 is 1.81 bits per heavy atom. The van der Waals surface area contributed by atoms with Crippen LogP contribution in [0.4, 0.5) is 0 Å². The molecule has 1 unspecified atom stereocenters. The molecule has 1 aromatic carbocycles. The Balaban J connectivity index is 1.62. The molecule has 0 spiro atoms. The molecule has 21 heavy (non-hydrogen) atoms. The van der Waals surface area contributed by atoms with Crippen molar-refractivity contribution in [3.63, 3.8) is 0 Å². The minimum Gasteiger partial charge on any atom is -0.327 e. The summed E-state index contributed by atoms with van der Waals surface area (Å²) in [5.41, 5.74) is 1.40. The average Bonchev–Trinajstić information content (AvgIpc) is 2.55. The van der Waals surface area contributed by atoms with Crippen LogP contribution in [0.2, 0.25) is 0 Å². The number of hydrogen-bond donors (Lipinski definition) is 0. The summed E-state index contributed by atoms with van der Waals surface area (Å²) < 4.78 is 0. The monoisotopic (exact) mass is 286 g/mol. The molecule has 0 radical (unpaired) electrons. The highest BCUT2D eigenvalue weighted by molar-refractivity contribution is 5.77. The Morgan fingerprint density at radius 3 is 2.62 bits per heavy atom. The highest BCUT2D eigenvalue weighted by Crippen LogP contribution is 2.24. The van der Waals surface area contributed by atoms with Gasteiger partial charge in [-0.2, -0.15) is 0 Å². The van der Waals surface area contributed by atoms with Crippen molar-refractivity contribution in [2.45, 2.75) is 51.1 Å². The van der Waals surface area contributed by atoms with Gasteiger partial charge in [0.05, 0.1) is 6.17 Å². The fourth-order valence-electron chi connectivity index (χ4n) is 3.65. The van der Waals surface area contributed by atoms with Crippen LogP contribution < -0.4 is 0 Å². The lowest BCUT2D eigenvalue weighted by atomic mass is 10.0. The zero-order chi connectivity index (χ0) is 14.5. The fraction of sp³-hybridized carbons (Fsp3) is 0.611. The van der Waals surface area contributed by atoms with Gasteiger partial charge in [0.25, 0.3) is 0 Å². The molecule has 3 rings (SSSR count). The number of amides is 1. The Bertz CT molecular complexity index is 460. The lowest BCUT2D eigenvalue weighted by Crippen LogP contribution is -2.54. The van der Waals surface area contributed by atoms with E-state index in [-0.39, 0.29) is 0 Å². The van der Waals surface area contributed by atoms with Crippen LogP contribution in [0.1, 0.15) is 44.1 Å². The third-order valence-corrected chi connectivity index (χ3v) is 4.83. The van der Waals surface area contributed by atoms with Crippen LogP contribution in [-0.4, -0.2) is 41.5 Å². The predicted octanol–water partition coefficient (Wildman–Crippen LogP) is 3.05. The van der Waals surface area contributed by atoms with E-state index in [0.717, 1.165) is 45.3 Å². The second kappa shape index (κ2) is 7.08. The molecule has 0 aromatic heterocycles. The van der Waals surface area contributed by atoms with Crippen molar-refractivity contribution in [1.29, 1.82) is 0 Å². The van der Waals surface area contributed by atoms with Gasteiger partial charge in [-0.15, -0.1) is 0 Å². The van der Waals surface area contributed by atoms with Crippen molar-refractivity contribution in [3.05, 3.63) is 35.9 Å². The van der Waals surface area contributed by atoms with Crippen molar-refractivity contribution in [1.82, 2.24) is 9.80 Å². The summed E-state index contributed by atoms with van der Waals surface area (Å²) >= 11 is 0. The van der Waals surface area contributed by atoms with Crippen molar-refractivity contribution < 1.29 is 4.79 Å². The van der Waals surface area contributed by atoms with Crippen molar-refractivity contribution >= 4 is 5.91 Å². The molecule has 0 saturated carbocycles. The lowest BCUT2D eigenvalue weighted by Gasteiger charge is -2.44. The summed E-state index contributed by atoms with van der Waals surface area (Å²) in [6.07, 6.45) is 8.13. The van der Waals surface area contributed by atoms with E-state index in [1.54, 1.807) is 0 Å². The number of likely N-dealkylation sites (tertiary alicyclic amines) is 2. The third-order valence-electron chi connectivity index (χ3n) is 4.83. The first-order valence-corrected chi connectivity index (χ1v) is 8.42. The predicted molar refractivity (Wildman–Crippen MR) is 84.9 cm³/mol. The van der Waals surface area contributed by atoms with Crippen molar-refractivity contribution in [3.8, 4) is 0 Å². The highest BCUT2D eigenvalue weighted by Gasteiger charge is 2.31. The summed E-state index contributed by atoms with van der Waals surface area (Å²) in [4.78, 5) is 16.9. The van der Waals surface area contributed by atoms with Crippen LogP contribution in [0.25, 0.3) is 0 Å². The Kier molecular flexibility index (Phi) is 4.91. The topological polar surface area (TPSA) is 23.6 Å². The van der Waals surface area contributed by atoms with E-state index in [2.05, 4.69) is 40.1 Å². The SMILES string of the molecule is O=C1CCCCN1C1CCCCN1CCc1ccccc1. The maximum Gasteiger partial charge on any atom is 0.223 e. The molecule has 1 amide bonds. The molecule has 2 fully saturated rings. The lowest BCUT2D eigenvalue weighted by molar-refractivity contribution is -0.142. The first-order valence-electron chi connectivity index (χ1n) is 8.42. The molecule has 3 heteroatoms.